The maximum absolute atomic E-state index is 14.1. The van der Waals surface area contributed by atoms with E-state index in [4.69, 9.17) is 9.47 Å². The van der Waals surface area contributed by atoms with Gasteiger partial charge in [0, 0.05) is 24.8 Å². The van der Waals surface area contributed by atoms with Crippen molar-refractivity contribution in [1.29, 1.82) is 0 Å². The highest BCUT2D eigenvalue weighted by atomic mass is 32.2. The van der Waals surface area contributed by atoms with Crippen molar-refractivity contribution < 1.29 is 23.0 Å². The molecule has 7 heteroatoms. The molecule has 0 radical (unpaired) electrons. The van der Waals surface area contributed by atoms with Crippen LogP contribution in [0.25, 0.3) is 0 Å². The van der Waals surface area contributed by atoms with Gasteiger partial charge in [0.25, 0.3) is 10.0 Å². The smallest absolute Gasteiger partial charge is 0.264 e. The van der Waals surface area contributed by atoms with E-state index in [0.717, 1.165) is 51.7 Å². The fraction of sp³-hybridized carbons (Fsp3) is 0.556. The van der Waals surface area contributed by atoms with E-state index in [2.05, 4.69) is 6.92 Å². The minimum Gasteiger partial charge on any atom is -0.493 e. The van der Waals surface area contributed by atoms with Crippen molar-refractivity contribution in [2.75, 3.05) is 24.1 Å². The van der Waals surface area contributed by atoms with Crippen LogP contribution in [0.4, 0.5) is 5.69 Å². The van der Waals surface area contributed by atoms with Crippen molar-refractivity contribution in [3.05, 3.63) is 53.1 Å². The number of nitrogens with zero attached hydrogens (tertiary/aromatic N) is 1. The van der Waals surface area contributed by atoms with E-state index in [1.807, 2.05) is 24.3 Å². The molecule has 6 nitrogen and oxygen atoms in total. The fourth-order valence-corrected chi connectivity index (χ4v) is 7.29. The van der Waals surface area contributed by atoms with Crippen molar-refractivity contribution in [2.45, 2.75) is 75.3 Å². The maximum atomic E-state index is 14.1. The molecular formula is C27H35NO5S. The van der Waals surface area contributed by atoms with Crippen LogP contribution in [-0.4, -0.2) is 39.4 Å². The highest BCUT2D eigenvalue weighted by molar-refractivity contribution is 7.93. The summed E-state index contributed by atoms with van der Waals surface area (Å²) in [5.41, 5.74) is 3.27. The van der Waals surface area contributed by atoms with Crippen molar-refractivity contribution in [1.82, 2.24) is 0 Å². The SMILES string of the molecule is CCc1ccc(N(C2CCC2)S(=O)(=O)c2ccc(OCC3CCOCC3)c3c2CCC3O)cc1. The number of ether oxygens (including phenoxy) is 2. The number of fused-ring (bicyclic) bond motifs is 1. The van der Waals surface area contributed by atoms with E-state index < -0.39 is 16.1 Å². The summed E-state index contributed by atoms with van der Waals surface area (Å²) < 4.78 is 41.4. The Hall–Kier alpha value is -2.09. The van der Waals surface area contributed by atoms with Crippen LogP contribution >= 0.6 is 0 Å². The lowest BCUT2D eigenvalue weighted by Gasteiger charge is -2.38. The standard InChI is InChI=1S/C27H35NO5S/c1-2-19-6-8-22(9-7-19)28(21-4-3-5-21)34(30,31)26-13-12-25(27-23(26)10-11-24(27)29)33-18-20-14-16-32-17-15-20/h6-9,12-13,20-21,24,29H,2-5,10-11,14-18H2,1H3. The number of aryl methyl sites for hydroxylation is 1. The van der Waals surface area contributed by atoms with Gasteiger partial charge < -0.3 is 14.6 Å². The lowest BCUT2D eigenvalue weighted by Crippen LogP contribution is -2.44. The summed E-state index contributed by atoms with van der Waals surface area (Å²) in [6, 6.07) is 11.3. The molecule has 0 aromatic heterocycles. The highest BCUT2D eigenvalue weighted by Crippen LogP contribution is 2.44. The third-order valence-corrected chi connectivity index (χ3v) is 9.60. The van der Waals surface area contributed by atoms with E-state index >= 15 is 0 Å². The summed E-state index contributed by atoms with van der Waals surface area (Å²) in [5.74, 6) is 1.04. The summed E-state index contributed by atoms with van der Waals surface area (Å²) in [6.45, 7) is 4.16. The van der Waals surface area contributed by atoms with Crippen LogP contribution in [0, 0.1) is 5.92 Å². The first-order valence-corrected chi connectivity index (χ1v) is 14.1. The van der Waals surface area contributed by atoms with Crippen molar-refractivity contribution in [2.24, 2.45) is 5.92 Å². The first-order valence-electron chi connectivity index (χ1n) is 12.7. The quantitative estimate of drug-likeness (QED) is 0.582. The average Bonchev–Trinajstić information content (AvgIpc) is 3.22. The summed E-state index contributed by atoms with van der Waals surface area (Å²) in [4.78, 5) is 0.309. The highest BCUT2D eigenvalue weighted by Gasteiger charge is 2.39. The van der Waals surface area contributed by atoms with E-state index in [-0.39, 0.29) is 6.04 Å². The van der Waals surface area contributed by atoms with Gasteiger partial charge in [0.05, 0.1) is 23.3 Å². The molecule has 1 heterocycles. The summed E-state index contributed by atoms with van der Waals surface area (Å²) >= 11 is 0. The maximum Gasteiger partial charge on any atom is 0.264 e. The topological polar surface area (TPSA) is 76.1 Å². The van der Waals surface area contributed by atoms with Crippen molar-refractivity contribution in [3.63, 3.8) is 0 Å². The summed E-state index contributed by atoms with van der Waals surface area (Å²) in [5, 5.41) is 10.8. The third kappa shape index (κ3) is 4.45. The Bertz CT molecular complexity index is 1100. The second-order valence-electron chi connectivity index (χ2n) is 9.78. The van der Waals surface area contributed by atoms with Gasteiger partial charge in [0.2, 0.25) is 0 Å². The predicted molar refractivity (Wildman–Crippen MR) is 132 cm³/mol. The van der Waals surface area contributed by atoms with Gasteiger partial charge in [-0.05, 0) is 92.7 Å². The fourth-order valence-electron chi connectivity index (χ4n) is 5.31. The minimum atomic E-state index is -3.78. The van der Waals surface area contributed by atoms with Crippen LogP contribution < -0.4 is 9.04 Å². The van der Waals surface area contributed by atoms with Crippen LogP contribution in [0.3, 0.4) is 0 Å². The lowest BCUT2D eigenvalue weighted by atomic mass is 9.93. The monoisotopic (exact) mass is 485 g/mol. The minimum absolute atomic E-state index is 0.0242. The van der Waals surface area contributed by atoms with Gasteiger partial charge in [-0.15, -0.1) is 0 Å². The second kappa shape index (κ2) is 9.88. The van der Waals surface area contributed by atoms with Gasteiger partial charge in [-0.1, -0.05) is 19.1 Å². The second-order valence-corrected chi connectivity index (χ2v) is 11.6. The largest absolute Gasteiger partial charge is 0.493 e. The Morgan fingerprint density at radius 1 is 1.03 bits per heavy atom. The molecule has 3 aliphatic rings. The zero-order chi connectivity index (χ0) is 23.7. The van der Waals surface area contributed by atoms with E-state index in [0.29, 0.717) is 52.8 Å². The summed E-state index contributed by atoms with van der Waals surface area (Å²) in [7, 11) is -3.78. The Labute approximate surface area is 202 Å². The van der Waals surface area contributed by atoms with Crippen molar-refractivity contribution >= 4 is 15.7 Å². The van der Waals surface area contributed by atoms with Gasteiger partial charge >= 0.3 is 0 Å². The lowest BCUT2D eigenvalue weighted by molar-refractivity contribution is 0.0491. The zero-order valence-corrected chi connectivity index (χ0v) is 20.7. The van der Waals surface area contributed by atoms with Gasteiger partial charge in [-0.3, -0.25) is 4.31 Å². The van der Waals surface area contributed by atoms with Gasteiger partial charge in [-0.2, -0.15) is 0 Å². The van der Waals surface area contributed by atoms with Crippen LogP contribution in [0.15, 0.2) is 41.3 Å². The van der Waals surface area contributed by atoms with Crippen LogP contribution in [0.5, 0.6) is 5.75 Å². The molecule has 0 spiro atoms. The molecule has 1 N–H and O–H groups in total. The van der Waals surface area contributed by atoms with Crippen molar-refractivity contribution in [3.8, 4) is 5.75 Å². The van der Waals surface area contributed by atoms with E-state index in [9.17, 15) is 13.5 Å². The zero-order valence-electron chi connectivity index (χ0n) is 19.9. The van der Waals surface area contributed by atoms with Gasteiger partial charge in [-0.25, -0.2) is 8.42 Å². The number of anilines is 1. The molecule has 0 bridgehead atoms. The summed E-state index contributed by atoms with van der Waals surface area (Å²) in [6.07, 6.45) is 5.97. The molecule has 5 rings (SSSR count). The molecule has 1 unspecified atom stereocenters. The van der Waals surface area contributed by atoms with E-state index in [1.165, 1.54) is 5.56 Å². The van der Waals surface area contributed by atoms with Crippen LogP contribution in [-0.2, 0) is 27.6 Å². The third-order valence-electron chi connectivity index (χ3n) is 7.63. The molecule has 1 aliphatic heterocycles. The Kier molecular flexibility index (Phi) is 6.87. The number of aliphatic hydroxyl groups excluding tert-OH is 1. The number of rotatable bonds is 8. The molecule has 34 heavy (non-hydrogen) atoms. The number of hydrogen-bond acceptors (Lipinski definition) is 5. The molecule has 2 aliphatic carbocycles. The number of benzene rings is 2. The first-order chi connectivity index (χ1) is 16.5. The molecule has 1 atom stereocenters. The number of aliphatic hydroxyl groups is 1. The molecule has 184 valence electrons. The molecular weight excluding hydrogens is 450 g/mol. The van der Waals surface area contributed by atoms with Crippen LogP contribution in [0.1, 0.15) is 68.2 Å². The molecule has 1 saturated heterocycles. The van der Waals surface area contributed by atoms with Crippen LogP contribution in [0.2, 0.25) is 0 Å². The molecule has 2 fully saturated rings. The Morgan fingerprint density at radius 3 is 2.41 bits per heavy atom. The Balaban J connectivity index is 1.48. The Morgan fingerprint density at radius 2 is 1.76 bits per heavy atom. The normalized spacial score (nSPS) is 21.2. The molecule has 0 amide bonds. The van der Waals surface area contributed by atoms with Gasteiger partial charge in [0.1, 0.15) is 5.75 Å². The number of sulfonamides is 1. The average molecular weight is 486 g/mol. The first kappa shape index (κ1) is 23.6. The molecule has 2 aromatic rings. The van der Waals surface area contributed by atoms with Gasteiger partial charge in [0.15, 0.2) is 0 Å². The predicted octanol–water partition coefficient (Wildman–Crippen LogP) is 4.78. The molecule has 2 aromatic carbocycles. The number of hydrogen-bond donors (Lipinski definition) is 1. The van der Waals surface area contributed by atoms with E-state index in [1.54, 1.807) is 16.4 Å². The molecule has 1 saturated carbocycles.